The summed E-state index contributed by atoms with van der Waals surface area (Å²) in [6.07, 6.45) is 0. The molecule has 0 radical (unpaired) electrons. The molecule has 0 saturated heterocycles. The van der Waals surface area contributed by atoms with Crippen molar-refractivity contribution in [2.45, 2.75) is 17.7 Å². The van der Waals surface area contributed by atoms with E-state index in [2.05, 4.69) is 4.72 Å². The fourth-order valence-electron chi connectivity index (χ4n) is 1.54. The summed E-state index contributed by atoms with van der Waals surface area (Å²) in [6.45, 7) is 1.93. The van der Waals surface area contributed by atoms with Gasteiger partial charge in [0.2, 0.25) is 0 Å². The van der Waals surface area contributed by atoms with E-state index in [1.807, 2.05) is 0 Å². The van der Waals surface area contributed by atoms with Crippen molar-refractivity contribution in [3.8, 4) is 0 Å². The first-order valence-corrected chi connectivity index (χ1v) is 7.85. The third-order valence-corrected chi connectivity index (χ3v) is 5.42. The lowest BCUT2D eigenvalue weighted by Crippen LogP contribution is -2.12. The summed E-state index contributed by atoms with van der Waals surface area (Å²) in [6, 6.07) is 5.42. The topological polar surface area (TPSA) is 72.2 Å². The zero-order valence-corrected chi connectivity index (χ0v) is 11.8. The standard InChI is InChI=1S/C12H13FN2O2S2/c1-8-4-10(13)2-3-11(8)15-19(16,17)12-5-9(6-14)7-18-12/h2-5,7,15H,6,14H2,1H3. The van der Waals surface area contributed by atoms with Crippen LogP contribution in [0.1, 0.15) is 11.1 Å². The minimum atomic E-state index is -3.65. The fraction of sp³-hybridized carbons (Fsp3) is 0.167. The molecule has 1 aromatic heterocycles. The second-order valence-electron chi connectivity index (χ2n) is 4.04. The van der Waals surface area contributed by atoms with Crippen molar-refractivity contribution in [1.29, 1.82) is 0 Å². The van der Waals surface area contributed by atoms with Crippen LogP contribution in [0.3, 0.4) is 0 Å². The summed E-state index contributed by atoms with van der Waals surface area (Å²) >= 11 is 1.10. The lowest BCUT2D eigenvalue weighted by molar-refractivity contribution is 0.602. The number of nitrogens with one attached hydrogen (secondary N) is 1. The number of sulfonamides is 1. The van der Waals surface area contributed by atoms with Crippen molar-refractivity contribution in [1.82, 2.24) is 0 Å². The molecular weight excluding hydrogens is 287 g/mol. The Kier molecular flexibility index (Phi) is 3.88. The first-order valence-electron chi connectivity index (χ1n) is 5.49. The largest absolute Gasteiger partial charge is 0.326 e. The van der Waals surface area contributed by atoms with Crippen LogP contribution in [0.5, 0.6) is 0 Å². The highest BCUT2D eigenvalue weighted by Crippen LogP contribution is 2.24. The average Bonchev–Trinajstić information content (AvgIpc) is 2.82. The Hall–Kier alpha value is -1.44. The number of hydrogen-bond acceptors (Lipinski definition) is 4. The number of nitrogens with two attached hydrogens (primary N) is 1. The first kappa shape index (κ1) is 14.0. The monoisotopic (exact) mass is 300 g/mol. The van der Waals surface area contributed by atoms with Crippen molar-refractivity contribution in [3.63, 3.8) is 0 Å². The van der Waals surface area contributed by atoms with Crippen LogP contribution in [0.25, 0.3) is 0 Å². The van der Waals surface area contributed by atoms with E-state index in [1.165, 1.54) is 24.3 Å². The molecule has 0 aliphatic carbocycles. The highest BCUT2D eigenvalue weighted by Gasteiger charge is 2.17. The maximum atomic E-state index is 13.0. The van der Waals surface area contributed by atoms with Crippen LogP contribution >= 0.6 is 11.3 Å². The van der Waals surface area contributed by atoms with Crippen molar-refractivity contribution < 1.29 is 12.8 Å². The molecular formula is C12H13FN2O2S2. The second kappa shape index (κ2) is 5.28. The Labute approximate surface area is 115 Å². The van der Waals surface area contributed by atoms with E-state index in [4.69, 9.17) is 5.73 Å². The molecule has 1 heterocycles. The quantitative estimate of drug-likeness (QED) is 0.911. The van der Waals surface area contributed by atoms with Crippen molar-refractivity contribution in [2.24, 2.45) is 5.73 Å². The number of anilines is 1. The van der Waals surface area contributed by atoms with Gasteiger partial charge >= 0.3 is 0 Å². The van der Waals surface area contributed by atoms with Gasteiger partial charge in [-0.15, -0.1) is 11.3 Å². The van der Waals surface area contributed by atoms with E-state index < -0.39 is 15.8 Å². The van der Waals surface area contributed by atoms with Crippen LogP contribution in [-0.2, 0) is 16.6 Å². The van der Waals surface area contributed by atoms with E-state index in [9.17, 15) is 12.8 Å². The van der Waals surface area contributed by atoms with Crippen LogP contribution < -0.4 is 10.5 Å². The van der Waals surface area contributed by atoms with Gasteiger partial charge in [0.25, 0.3) is 10.0 Å². The average molecular weight is 300 g/mol. The Bertz CT molecular complexity index is 696. The molecule has 0 fully saturated rings. The number of benzene rings is 1. The number of aryl methyl sites for hydroxylation is 1. The van der Waals surface area contributed by atoms with Crippen LogP contribution in [-0.4, -0.2) is 8.42 Å². The minimum Gasteiger partial charge on any atom is -0.326 e. The summed E-state index contributed by atoms with van der Waals surface area (Å²) < 4.78 is 39.9. The molecule has 2 aromatic rings. The summed E-state index contributed by atoms with van der Waals surface area (Å²) in [7, 11) is -3.65. The van der Waals surface area contributed by atoms with Crippen LogP contribution in [0.15, 0.2) is 33.9 Å². The molecule has 3 N–H and O–H groups in total. The fourth-order valence-corrected chi connectivity index (χ4v) is 3.89. The second-order valence-corrected chi connectivity index (χ2v) is 6.86. The van der Waals surface area contributed by atoms with Gasteiger partial charge in [0, 0.05) is 6.54 Å². The molecule has 0 bridgehead atoms. The Morgan fingerprint density at radius 2 is 2.11 bits per heavy atom. The molecule has 0 atom stereocenters. The Morgan fingerprint density at radius 3 is 2.68 bits per heavy atom. The number of halogens is 1. The first-order chi connectivity index (χ1) is 8.92. The van der Waals surface area contributed by atoms with E-state index in [1.54, 1.807) is 12.3 Å². The Balaban J connectivity index is 2.30. The zero-order valence-electron chi connectivity index (χ0n) is 10.2. The normalized spacial score (nSPS) is 11.5. The molecule has 0 spiro atoms. The molecule has 1 aromatic carbocycles. The summed E-state index contributed by atoms with van der Waals surface area (Å²) in [5.41, 5.74) is 7.11. The van der Waals surface area contributed by atoms with Gasteiger partial charge in [-0.3, -0.25) is 4.72 Å². The number of thiophene rings is 1. The lowest BCUT2D eigenvalue weighted by atomic mass is 10.2. The Morgan fingerprint density at radius 1 is 1.37 bits per heavy atom. The van der Waals surface area contributed by atoms with Gasteiger partial charge in [0.15, 0.2) is 0 Å². The number of hydrogen-bond donors (Lipinski definition) is 2. The molecule has 19 heavy (non-hydrogen) atoms. The predicted octanol–water partition coefficient (Wildman–Crippen LogP) is 2.46. The zero-order chi connectivity index (χ0) is 14.0. The van der Waals surface area contributed by atoms with Crippen molar-refractivity contribution >= 4 is 27.0 Å². The molecule has 2 rings (SSSR count). The molecule has 102 valence electrons. The molecule has 7 heteroatoms. The van der Waals surface area contributed by atoms with Crippen LogP contribution in [0, 0.1) is 12.7 Å². The highest BCUT2D eigenvalue weighted by atomic mass is 32.2. The SMILES string of the molecule is Cc1cc(F)ccc1NS(=O)(=O)c1cc(CN)cs1. The summed E-state index contributed by atoms with van der Waals surface area (Å²) in [5.74, 6) is -0.401. The lowest BCUT2D eigenvalue weighted by Gasteiger charge is -2.09. The van der Waals surface area contributed by atoms with Crippen LogP contribution in [0.4, 0.5) is 10.1 Å². The molecule has 0 aliphatic rings. The van der Waals surface area contributed by atoms with E-state index in [0.717, 1.165) is 16.9 Å². The maximum Gasteiger partial charge on any atom is 0.271 e. The highest BCUT2D eigenvalue weighted by molar-refractivity contribution is 7.94. The molecule has 0 amide bonds. The van der Waals surface area contributed by atoms with E-state index >= 15 is 0 Å². The molecule has 0 aliphatic heterocycles. The predicted molar refractivity (Wildman–Crippen MR) is 74.2 cm³/mol. The summed E-state index contributed by atoms with van der Waals surface area (Å²) in [5, 5.41) is 1.70. The van der Waals surface area contributed by atoms with Gasteiger partial charge < -0.3 is 5.73 Å². The van der Waals surface area contributed by atoms with Crippen molar-refractivity contribution in [3.05, 3.63) is 46.6 Å². The van der Waals surface area contributed by atoms with Gasteiger partial charge in [-0.2, -0.15) is 0 Å². The van der Waals surface area contributed by atoms with E-state index in [0.29, 0.717) is 17.8 Å². The third kappa shape index (κ3) is 3.12. The van der Waals surface area contributed by atoms with Crippen LogP contribution in [0.2, 0.25) is 0 Å². The van der Waals surface area contributed by atoms with Gasteiger partial charge in [0.05, 0.1) is 5.69 Å². The van der Waals surface area contributed by atoms with Gasteiger partial charge in [0.1, 0.15) is 10.0 Å². The molecule has 4 nitrogen and oxygen atoms in total. The maximum absolute atomic E-state index is 13.0. The van der Waals surface area contributed by atoms with Crippen molar-refractivity contribution in [2.75, 3.05) is 4.72 Å². The van der Waals surface area contributed by atoms with Gasteiger partial charge in [-0.25, -0.2) is 12.8 Å². The smallest absolute Gasteiger partial charge is 0.271 e. The number of rotatable bonds is 4. The minimum absolute atomic E-state index is 0.191. The third-order valence-electron chi connectivity index (χ3n) is 2.56. The van der Waals surface area contributed by atoms with E-state index in [-0.39, 0.29) is 4.21 Å². The molecule has 0 saturated carbocycles. The van der Waals surface area contributed by atoms with Gasteiger partial charge in [-0.05, 0) is 47.7 Å². The summed E-state index contributed by atoms with van der Waals surface area (Å²) in [4.78, 5) is 0. The van der Waals surface area contributed by atoms with Gasteiger partial charge in [-0.1, -0.05) is 0 Å². The molecule has 0 unspecified atom stereocenters.